The summed E-state index contributed by atoms with van der Waals surface area (Å²) in [5, 5.41) is 3.40. The molecular formula is C21H33IN4O2. The Bertz CT molecular complexity index is 655. The molecule has 2 fully saturated rings. The monoisotopic (exact) mass is 500 g/mol. The first kappa shape index (κ1) is 22.8. The van der Waals surface area contributed by atoms with Gasteiger partial charge < -0.3 is 19.9 Å². The molecule has 7 heteroatoms. The second-order valence-electron chi connectivity index (χ2n) is 7.64. The second kappa shape index (κ2) is 10.9. The summed E-state index contributed by atoms with van der Waals surface area (Å²) in [5.41, 5.74) is 1.30. The molecule has 0 amide bonds. The Hall–Kier alpha value is -1.51. The average Bonchev–Trinajstić information content (AvgIpc) is 3.32. The number of carbonyl (C=O) groups excluding carboxylic acids is 1. The van der Waals surface area contributed by atoms with Crippen LogP contribution < -0.4 is 10.2 Å². The van der Waals surface area contributed by atoms with Crippen molar-refractivity contribution in [2.45, 2.75) is 20.3 Å². The molecule has 1 aromatic rings. The number of anilines is 1. The Balaban J connectivity index is 0.00000280. The quantitative estimate of drug-likeness (QED) is 0.292. The number of rotatable bonds is 5. The lowest BCUT2D eigenvalue weighted by molar-refractivity contribution is -0.145. The van der Waals surface area contributed by atoms with Crippen LogP contribution in [0, 0.1) is 17.8 Å². The predicted molar refractivity (Wildman–Crippen MR) is 124 cm³/mol. The van der Waals surface area contributed by atoms with Gasteiger partial charge in [-0.2, -0.15) is 0 Å². The third-order valence-electron chi connectivity index (χ3n) is 5.66. The predicted octanol–water partition coefficient (Wildman–Crippen LogP) is 2.84. The van der Waals surface area contributed by atoms with Gasteiger partial charge in [-0.3, -0.25) is 9.79 Å². The molecule has 0 radical (unpaired) electrons. The first-order chi connectivity index (χ1) is 13.1. The van der Waals surface area contributed by atoms with Crippen LogP contribution in [0.1, 0.15) is 20.3 Å². The van der Waals surface area contributed by atoms with Crippen molar-refractivity contribution in [2.75, 3.05) is 51.3 Å². The number of esters is 1. The lowest BCUT2D eigenvalue weighted by atomic mass is 9.99. The molecule has 2 saturated heterocycles. The Morgan fingerprint density at radius 2 is 2.00 bits per heavy atom. The Kier molecular flexibility index (Phi) is 8.85. The molecule has 0 aromatic heterocycles. The minimum Gasteiger partial charge on any atom is -0.469 e. The molecule has 2 heterocycles. The topological polar surface area (TPSA) is 57.2 Å². The van der Waals surface area contributed by atoms with Gasteiger partial charge in [-0.1, -0.05) is 25.1 Å². The maximum Gasteiger partial charge on any atom is 0.310 e. The summed E-state index contributed by atoms with van der Waals surface area (Å²) in [7, 11) is 1.47. The molecule has 0 bridgehead atoms. The number of nitrogens with zero attached hydrogens (tertiary/aromatic N) is 3. The van der Waals surface area contributed by atoms with Crippen LogP contribution in [0.5, 0.6) is 0 Å². The van der Waals surface area contributed by atoms with Crippen LogP contribution in [-0.4, -0.2) is 63.2 Å². The summed E-state index contributed by atoms with van der Waals surface area (Å²) in [6.07, 6.45) is 1.17. The molecular weight excluding hydrogens is 467 g/mol. The lowest BCUT2D eigenvalue weighted by Crippen LogP contribution is -2.41. The van der Waals surface area contributed by atoms with Crippen molar-refractivity contribution in [3.63, 3.8) is 0 Å². The molecule has 1 aromatic carbocycles. The number of carbonyl (C=O) groups is 1. The van der Waals surface area contributed by atoms with Crippen LogP contribution in [0.2, 0.25) is 0 Å². The van der Waals surface area contributed by atoms with Gasteiger partial charge in [0.2, 0.25) is 0 Å². The average molecular weight is 500 g/mol. The fourth-order valence-corrected chi connectivity index (χ4v) is 4.09. The largest absolute Gasteiger partial charge is 0.469 e. The van der Waals surface area contributed by atoms with Gasteiger partial charge in [0.05, 0.1) is 13.0 Å². The van der Waals surface area contributed by atoms with Gasteiger partial charge in [-0.15, -0.1) is 24.0 Å². The van der Waals surface area contributed by atoms with Gasteiger partial charge >= 0.3 is 5.97 Å². The molecule has 0 aliphatic carbocycles. The summed E-state index contributed by atoms with van der Waals surface area (Å²) >= 11 is 0. The first-order valence-electron chi connectivity index (χ1n) is 10.0. The fraction of sp³-hybridized carbons (Fsp3) is 0.619. The maximum atomic E-state index is 12.0. The van der Waals surface area contributed by atoms with Gasteiger partial charge in [-0.05, 0) is 37.3 Å². The number of para-hydroxylation sites is 1. The molecule has 3 unspecified atom stereocenters. The molecule has 2 aliphatic rings. The highest BCUT2D eigenvalue weighted by Gasteiger charge is 2.37. The highest BCUT2D eigenvalue weighted by molar-refractivity contribution is 14.0. The van der Waals surface area contributed by atoms with Gasteiger partial charge in [0.1, 0.15) is 0 Å². The van der Waals surface area contributed by atoms with Gasteiger partial charge in [0, 0.05) is 45.0 Å². The normalized spacial score (nSPS) is 24.8. The van der Waals surface area contributed by atoms with Crippen LogP contribution in [0.15, 0.2) is 35.3 Å². The van der Waals surface area contributed by atoms with E-state index in [4.69, 9.17) is 9.73 Å². The minimum atomic E-state index is -0.116. The second-order valence-corrected chi connectivity index (χ2v) is 7.64. The molecule has 0 spiro atoms. The number of hydrogen-bond acceptors (Lipinski definition) is 4. The highest BCUT2D eigenvalue weighted by atomic mass is 127. The van der Waals surface area contributed by atoms with E-state index in [1.165, 1.54) is 19.2 Å². The number of halogens is 1. The highest BCUT2D eigenvalue weighted by Crippen LogP contribution is 2.25. The maximum absolute atomic E-state index is 12.0. The summed E-state index contributed by atoms with van der Waals surface area (Å²) in [4.78, 5) is 21.5. The van der Waals surface area contributed by atoms with E-state index in [2.05, 4.69) is 59.3 Å². The van der Waals surface area contributed by atoms with Gasteiger partial charge in [-0.25, -0.2) is 0 Å². The van der Waals surface area contributed by atoms with E-state index in [0.29, 0.717) is 12.5 Å². The number of benzene rings is 1. The summed E-state index contributed by atoms with van der Waals surface area (Å²) in [6.45, 7) is 9.50. The van der Waals surface area contributed by atoms with E-state index in [9.17, 15) is 4.79 Å². The van der Waals surface area contributed by atoms with Crippen LogP contribution in [0.4, 0.5) is 5.69 Å². The van der Waals surface area contributed by atoms with E-state index in [-0.39, 0.29) is 41.8 Å². The van der Waals surface area contributed by atoms with Gasteiger partial charge in [0.25, 0.3) is 0 Å². The SMILES string of the molecule is CCNC(=NCC1CCN(c2ccccc2)C1)N1CC(C)C(C(=O)OC)C1.I. The standard InChI is InChI=1S/C21H32N4O2.HI/c1-4-22-21(25-13-16(2)19(15-25)20(26)27-3)23-12-17-10-11-24(14-17)18-8-6-5-7-9-18;/h5-9,16-17,19H,4,10-15H2,1-3H3,(H,22,23);1H. The number of nitrogens with one attached hydrogen (secondary N) is 1. The van der Waals surface area contributed by atoms with Gasteiger partial charge in [0.15, 0.2) is 5.96 Å². The number of ether oxygens (including phenoxy) is 1. The van der Waals surface area contributed by atoms with Crippen LogP contribution in [-0.2, 0) is 9.53 Å². The van der Waals surface area contributed by atoms with Crippen LogP contribution in [0.3, 0.4) is 0 Å². The summed E-state index contributed by atoms with van der Waals surface area (Å²) in [5.74, 6) is 1.58. The van der Waals surface area contributed by atoms with Crippen LogP contribution in [0.25, 0.3) is 0 Å². The molecule has 0 saturated carbocycles. The number of likely N-dealkylation sites (tertiary alicyclic amines) is 1. The van der Waals surface area contributed by atoms with Crippen LogP contribution >= 0.6 is 24.0 Å². The van der Waals surface area contributed by atoms with Crippen molar-refractivity contribution in [2.24, 2.45) is 22.7 Å². The zero-order valence-corrected chi connectivity index (χ0v) is 19.5. The number of guanidine groups is 1. The van der Waals surface area contributed by atoms with Crippen molar-refractivity contribution in [1.29, 1.82) is 0 Å². The van der Waals surface area contributed by atoms with Crippen molar-refractivity contribution < 1.29 is 9.53 Å². The summed E-state index contributed by atoms with van der Waals surface area (Å²) < 4.78 is 4.96. The summed E-state index contributed by atoms with van der Waals surface area (Å²) in [6, 6.07) is 10.6. The molecule has 1 N–H and O–H groups in total. The lowest BCUT2D eigenvalue weighted by Gasteiger charge is -2.22. The number of aliphatic imine (C=N–C) groups is 1. The first-order valence-corrected chi connectivity index (χ1v) is 10.0. The van der Waals surface area contributed by atoms with Crippen molar-refractivity contribution in [1.82, 2.24) is 10.2 Å². The van der Waals surface area contributed by atoms with Crippen molar-refractivity contribution in [3.05, 3.63) is 30.3 Å². The molecule has 156 valence electrons. The fourth-order valence-electron chi connectivity index (χ4n) is 4.09. The Labute approximate surface area is 185 Å². The van der Waals surface area contributed by atoms with E-state index < -0.39 is 0 Å². The zero-order valence-electron chi connectivity index (χ0n) is 17.1. The molecule has 28 heavy (non-hydrogen) atoms. The van der Waals surface area contributed by atoms with E-state index >= 15 is 0 Å². The zero-order chi connectivity index (χ0) is 19.2. The van der Waals surface area contributed by atoms with Crippen molar-refractivity contribution >= 4 is 41.6 Å². The molecule has 3 rings (SSSR count). The van der Waals surface area contributed by atoms with E-state index in [1.54, 1.807) is 0 Å². The third-order valence-corrected chi connectivity index (χ3v) is 5.66. The Morgan fingerprint density at radius 3 is 2.68 bits per heavy atom. The molecule has 2 aliphatic heterocycles. The number of hydrogen-bond donors (Lipinski definition) is 1. The van der Waals surface area contributed by atoms with E-state index in [0.717, 1.165) is 38.7 Å². The van der Waals surface area contributed by atoms with Crippen molar-refractivity contribution in [3.8, 4) is 0 Å². The molecule has 6 nitrogen and oxygen atoms in total. The smallest absolute Gasteiger partial charge is 0.310 e. The molecule has 3 atom stereocenters. The Morgan fingerprint density at radius 1 is 1.25 bits per heavy atom. The third kappa shape index (κ3) is 5.52. The minimum absolute atomic E-state index is 0. The number of methoxy groups -OCH3 is 1. The van der Waals surface area contributed by atoms with E-state index in [1.807, 2.05) is 0 Å².